The van der Waals surface area contributed by atoms with Crippen molar-refractivity contribution in [2.24, 2.45) is 0 Å². The number of H-pyrrole nitrogens is 1. The van der Waals surface area contributed by atoms with Gasteiger partial charge in [-0.1, -0.05) is 17.7 Å². The fraction of sp³-hybridized carbons (Fsp3) is 0.381. The number of nitrogens with zero attached hydrogens (tertiary/aromatic N) is 4. The average Bonchev–Trinajstić information content (AvgIpc) is 2.73. The molecule has 3 aromatic rings. The van der Waals surface area contributed by atoms with Crippen molar-refractivity contribution in [2.75, 3.05) is 38.1 Å². The summed E-state index contributed by atoms with van der Waals surface area (Å²) in [5, 5.41) is 3.57. The fourth-order valence-electron chi connectivity index (χ4n) is 3.75. The summed E-state index contributed by atoms with van der Waals surface area (Å²) in [5.74, 6) is -0.410. The van der Waals surface area contributed by atoms with Crippen LogP contribution in [0.25, 0.3) is 11.0 Å². The molecule has 0 saturated carbocycles. The summed E-state index contributed by atoms with van der Waals surface area (Å²) in [6, 6.07) is 7.48. The van der Waals surface area contributed by atoms with E-state index < -0.39 is 5.82 Å². The largest absolute Gasteiger partial charge is 0.366 e. The van der Waals surface area contributed by atoms with Crippen LogP contribution in [0.1, 0.15) is 17.0 Å². The molecule has 0 radical (unpaired) electrons. The molecule has 1 aliphatic heterocycles. The molecule has 3 heterocycles. The van der Waals surface area contributed by atoms with Gasteiger partial charge >= 0.3 is 0 Å². The lowest BCUT2D eigenvalue weighted by Crippen LogP contribution is -2.46. The van der Waals surface area contributed by atoms with Crippen LogP contribution in [0.2, 0.25) is 5.15 Å². The summed E-state index contributed by atoms with van der Waals surface area (Å²) in [6.45, 7) is 5.85. The number of pyridine rings is 1. The Labute approximate surface area is 178 Å². The molecule has 0 bridgehead atoms. The average molecular weight is 431 g/mol. The van der Waals surface area contributed by atoms with Crippen molar-refractivity contribution in [3.8, 4) is 0 Å². The van der Waals surface area contributed by atoms with Crippen molar-refractivity contribution in [1.29, 1.82) is 0 Å². The van der Waals surface area contributed by atoms with Gasteiger partial charge in [0.15, 0.2) is 11.0 Å². The van der Waals surface area contributed by atoms with Crippen LogP contribution in [0.4, 0.5) is 10.1 Å². The lowest BCUT2D eigenvalue weighted by Gasteiger charge is -2.36. The first kappa shape index (κ1) is 20.7. The minimum atomic E-state index is -0.410. The molecule has 4 rings (SSSR count). The van der Waals surface area contributed by atoms with Gasteiger partial charge in [0.1, 0.15) is 11.2 Å². The third kappa shape index (κ3) is 4.16. The summed E-state index contributed by atoms with van der Waals surface area (Å²) in [4.78, 5) is 27.4. The van der Waals surface area contributed by atoms with Crippen molar-refractivity contribution in [2.45, 2.75) is 20.0 Å². The lowest BCUT2D eigenvalue weighted by atomic mass is 10.1. The fourth-order valence-corrected chi connectivity index (χ4v) is 4.04. The summed E-state index contributed by atoms with van der Waals surface area (Å²) >= 11 is 6.39. The van der Waals surface area contributed by atoms with Crippen LogP contribution in [0.5, 0.6) is 0 Å². The van der Waals surface area contributed by atoms with Crippen LogP contribution in [0.15, 0.2) is 29.1 Å². The van der Waals surface area contributed by atoms with Crippen LogP contribution >= 0.6 is 11.6 Å². The summed E-state index contributed by atoms with van der Waals surface area (Å²) in [5.41, 5.74) is 2.97. The molecule has 2 N–H and O–H groups in total. The van der Waals surface area contributed by atoms with Crippen molar-refractivity contribution >= 4 is 28.3 Å². The minimum absolute atomic E-state index is 0.168. The van der Waals surface area contributed by atoms with Crippen LogP contribution in [-0.4, -0.2) is 53.1 Å². The molecular formula is C21H24ClFN6O. The number of fused-ring (bicyclic) bond motifs is 1. The van der Waals surface area contributed by atoms with E-state index >= 15 is 0 Å². The standard InChI is InChI=1S/C21H24ClFN6O/c1-13-21(30)27-19-16(25-13)5-3-14(18(19)23)12-28-7-9-29(10-8-28)17-6-4-15(11-24-2)26-20(17)22/h3-6,24H,7-12H2,1-2H3,(H,27,30). The van der Waals surface area contributed by atoms with E-state index in [0.717, 1.165) is 37.6 Å². The molecule has 7 nitrogen and oxygen atoms in total. The van der Waals surface area contributed by atoms with Crippen LogP contribution in [0, 0.1) is 12.7 Å². The molecule has 158 valence electrons. The van der Waals surface area contributed by atoms with Crippen LogP contribution < -0.4 is 15.8 Å². The normalized spacial score (nSPS) is 15.1. The van der Waals surface area contributed by atoms with Gasteiger partial charge in [0.2, 0.25) is 0 Å². The number of rotatable bonds is 5. The van der Waals surface area contributed by atoms with Crippen LogP contribution in [0.3, 0.4) is 0 Å². The quantitative estimate of drug-likeness (QED) is 0.605. The van der Waals surface area contributed by atoms with Crippen molar-refractivity contribution in [3.63, 3.8) is 0 Å². The molecule has 0 aliphatic carbocycles. The van der Waals surface area contributed by atoms with E-state index in [9.17, 15) is 9.18 Å². The molecule has 1 fully saturated rings. The van der Waals surface area contributed by atoms with E-state index in [0.29, 0.717) is 35.0 Å². The number of benzene rings is 1. The van der Waals surface area contributed by atoms with Gasteiger partial charge in [-0.05, 0) is 32.2 Å². The molecular weight excluding hydrogens is 407 g/mol. The number of aromatic nitrogens is 3. The second kappa shape index (κ2) is 8.67. The highest BCUT2D eigenvalue weighted by Crippen LogP contribution is 2.26. The second-order valence-electron chi connectivity index (χ2n) is 7.49. The first-order valence-electron chi connectivity index (χ1n) is 9.91. The molecule has 9 heteroatoms. The number of hydrogen-bond acceptors (Lipinski definition) is 6. The molecule has 2 aromatic heterocycles. The van der Waals surface area contributed by atoms with E-state index in [1.807, 2.05) is 19.2 Å². The third-order valence-corrected chi connectivity index (χ3v) is 5.68. The smallest absolute Gasteiger partial charge is 0.269 e. The molecule has 0 amide bonds. The van der Waals surface area contributed by atoms with E-state index in [1.54, 1.807) is 19.1 Å². The zero-order valence-corrected chi connectivity index (χ0v) is 17.8. The minimum Gasteiger partial charge on any atom is -0.366 e. The number of anilines is 1. The maximum atomic E-state index is 15.0. The highest BCUT2D eigenvalue weighted by molar-refractivity contribution is 6.32. The Hall–Kier alpha value is -2.55. The van der Waals surface area contributed by atoms with Gasteiger partial charge in [-0.3, -0.25) is 9.69 Å². The SMILES string of the molecule is CNCc1ccc(N2CCN(Cc3ccc4nc(C)c(=O)[nH]c4c3F)CC2)c(Cl)n1. The zero-order chi connectivity index (χ0) is 21.3. The number of nitrogens with one attached hydrogen (secondary N) is 2. The summed E-state index contributed by atoms with van der Waals surface area (Å²) < 4.78 is 15.0. The Morgan fingerprint density at radius 1 is 1.17 bits per heavy atom. The topological polar surface area (TPSA) is 77.1 Å². The number of aromatic amines is 1. The second-order valence-corrected chi connectivity index (χ2v) is 7.85. The Kier molecular flexibility index (Phi) is 5.99. The van der Waals surface area contributed by atoms with E-state index in [4.69, 9.17) is 11.6 Å². The number of halogens is 2. The Morgan fingerprint density at radius 2 is 1.93 bits per heavy atom. The highest BCUT2D eigenvalue weighted by atomic mass is 35.5. The maximum Gasteiger partial charge on any atom is 0.269 e. The number of aryl methyl sites for hydroxylation is 1. The molecule has 1 aliphatic rings. The predicted octanol–water partition coefficient (Wildman–Crippen LogP) is 2.46. The van der Waals surface area contributed by atoms with Crippen molar-refractivity contribution in [1.82, 2.24) is 25.2 Å². The van der Waals surface area contributed by atoms with Crippen molar-refractivity contribution < 1.29 is 4.39 Å². The third-order valence-electron chi connectivity index (χ3n) is 5.41. The predicted molar refractivity (Wildman–Crippen MR) is 117 cm³/mol. The Balaban J connectivity index is 1.44. The van der Waals surface area contributed by atoms with Gasteiger partial charge in [0.25, 0.3) is 5.56 Å². The van der Waals surface area contributed by atoms with Gasteiger partial charge in [-0.2, -0.15) is 0 Å². The monoisotopic (exact) mass is 430 g/mol. The Bertz CT molecular complexity index is 1130. The van der Waals surface area contributed by atoms with Gasteiger partial charge < -0.3 is 15.2 Å². The molecule has 0 atom stereocenters. The molecule has 0 spiro atoms. The summed E-state index contributed by atoms with van der Waals surface area (Å²) in [6.07, 6.45) is 0. The Morgan fingerprint density at radius 3 is 2.63 bits per heavy atom. The lowest BCUT2D eigenvalue weighted by molar-refractivity contribution is 0.247. The molecule has 0 unspecified atom stereocenters. The van der Waals surface area contributed by atoms with E-state index in [-0.39, 0.29) is 11.1 Å². The van der Waals surface area contributed by atoms with E-state index in [2.05, 4.69) is 30.1 Å². The first-order valence-corrected chi connectivity index (χ1v) is 10.3. The highest BCUT2D eigenvalue weighted by Gasteiger charge is 2.21. The first-order chi connectivity index (χ1) is 14.5. The summed E-state index contributed by atoms with van der Waals surface area (Å²) in [7, 11) is 1.87. The van der Waals surface area contributed by atoms with Gasteiger partial charge in [-0.15, -0.1) is 0 Å². The molecule has 1 saturated heterocycles. The van der Waals surface area contributed by atoms with Crippen molar-refractivity contribution in [3.05, 3.63) is 62.5 Å². The van der Waals surface area contributed by atoms with Gasteiger partial charge in [0.05, 0.1) is 16.9 Å². The number of piperazine rings is 1. The molecule has 1 aromatic carbocycles. The number of hydrogen-bond donors (Lipinski definition) is 2. The van der Waals surface area contributed by atoms with Crippen LogP contribution in [-0.2, 0) is 13.1 Å². The zero-order valence-electron chi connectivity index (χ0n) is 17.0. The van der Waals surface area contributed by atoms with E-state index in [1.165, 1.54) is 0 Å². The molecule has 30 heavy (non-hydrogen) atoms. The van der Waals surface area contributed by atoms with Gasteiger partial charge in [-0.25, -0.2) is 14.4 Å². The van der Waals surface area contributed by atoms with Gasteiger partial charge in [0, 0.05) is 44.8 Å². The maximum absolute atomic E-state index is 15.0.